The molecule has 12 heavy (non-hydrogen) atoms. The Balaban J connectivity index is 3.90. The monoisotopic (exact) mass is 191 g/mol. The first-order valence-electron chi connectivity index (χ1n) is 4.26. The maximum Gasteiger partial charge on any atom is 0.0731 e. The molecule has 0 aliphatic carbocycles. The van der Waals surface area contributed by atoms with Crippen molar-refractivity contribution in [1.82, 2.24) is 5.32 Å². The molecule has 1 unspecified atom stereocenters. The van der Waals surface area contributed by atoms with Crippen LogP contribution in [0.2, 0.25) is 0 Å². The lowest BCUT2D eigenvalue weighted by Crippen LogP contribution is -2.41. The number of rotatable bonds is 2. The van der Waals surface area contributed by atoms with E-state index < -0.39 is 10.8 Å². The van der Waals surface area contributed by atoms with E-state index in [1.165, 1.54) is 0 Å². The van der Waals surface area contributed by atoms with Crippen LogP contribution in [0.4, 0.5) is 0 Å². The fourth-order valence-corrected chi connectivity index (χ4v) is 1.50. The highest BCUT2D eigenvalue weighted by atomic mass is 32.2. The van der Waals surface area contributed by atoms with Gasteiger partial charge in [0, 0.05) is 21.1 Å². The predicted octanol–water partition coefficient (Wildman–Crippen LogP) is 1.88. The molecule has 0 aromatic heterocycles. The minimum atomic E-state index is -0.795. The summed E-state index contributed by atoms with van der Waals surface area (Å²) in [6.07, 6.45) is 0. The third-order valence-electron chi connectivity index (χ3n) is 1.42. The van der Waals surface area contributed by atoms with Crippen LogP contribution in [0.1, 0.15) is 41.5 Å². The molecule has 0 aliphatic rings. The van der Waals surface area contributed by atoms with E-state index in [0.29, 0.717) is 5.88 Å². The first-order valence-corrected chi connectivity index (χ1v) is 5.58. The average Bonchev–Trinajstić information content (AvgIpc) is 1.78. The second kappa shape index (κ2) is 3.88. The van der Waals surface area contributed by atoms with Gasteiger partial charge in [0.05, 0.1) is 5.88 Å². The second-order valence-electron chi connectivity index (χ2n) is 5.03. The molecule has 0 spiro atoms. The fourth-order valence-electron chi connectivity index (χ4n) is 0.499. The molecule has 74 valence electrons. The molecule has 1 N–H and O–H groups in total. The van der Waals surface area contributed by atoms with Crippen molar-refractivity contribution >= 4 is 10.8 Å². The molecule has 0 rings (SSSR count). The third kappa shape index (κ3) is 5.72. The summed E-state index contributed by atoms with van der Waals surface area (Å²) in [6, 6.07) is 0. The first-order chi connectivity index (χ1) is 5.13. The van der Waals surface area contributed by atoms with Gasteiger partial charge in [0.1, 0.15) is 0 Å². The summed E-state index contributed by atoms with van der Waals surface area (Å²) < 4.78 is 11.4. The largest absolute Gasteiger partial charge is 0.301 e. The highest BCUT2D eigenvalue weighted by molar-refractivity contribution is 7.86. The fraction of sp³-hybridized carbons (Fsp3) is 1.00. The zero-order valence-corrected chi connectivity index (χ0v) is 9.84. The van der Waals surface area contributed by atoms with Crippen LogP contribution in [-0.4, -0.2) is 20.4 Å². The lowest BCUT2D eigenvalue weighted by atomic mass is 10.1. The van der Waals surface area contributed by atoms with Crippen molar-refractivity contribution in [2.45, 2.75) is 51.8 Å². The van der Waals surface area contributed by atoms with Crippen molar-refractivity contribution in [1.29, 1.82) is 0 Å². The Morgan fingerprint density at radius 1 is 1.08 bits per heavy atom. The molecular weight excluding hydrogens is 170 g/mol. The summed E-state index contributed by atoms with van der Waals surface area (Å²) in [5.74, 6) is 0.576. The van der Waals surface area contributed by atoms with Crippen molar-refractivity contribution in [3.63, 3.8) is 0 Å². The first kappa shape index (κ1) is 12.1. The van der Waals surface area contributed by atoms with Crippen LogP contribution in [0.25, 0.3) is 0 Å². The molecule has 0 bridgehead atoms. The van der Waals surface area contributed by atoms with E-state index in [-0.39, 0.29) is 10.3 Å². The Morgan fingerprint density at radius 2 is 1.50 bits per heavy atom. The van der Waals surface area contributed by atoms with Crippen LogP contribution in [-0.2, 0) is 10.8 Å². The Bertz CT molecular complexity index is 164. The molecule has 0 amide bonds. The smallest absolute Gasteiger partial charge is 0.0731 e. The Hall–Kier alpha value is 0.110. The summed E-state index contributed by atoms with van der Waals surface area (Å²) in [5, 5.41) is 3.23. The van der Waals surface area contributed by atoms with Crippen molar-refractivity contribution < 1.29 is 4.21 Å². The summed E-state index contributed by atoms with van der Waals surface area (Å²) >= 11 is 0. The van der Waals surface area contributed by atoms with Gasteiger partial charge < -0.3 is 5.32 Å². The lowest BCUT2D eigenvalue weighted by Gasteiger charge is -2.24. The zero-order chi connectivity index (χ0) is 9.99. The van der Waals surface area contributed by atoms with Gasteiger partial charge in [-0.1, -0.05) is 0 Å². The number of hydrogen-bond acceptors (Lipinski definition) is 2. The van der Waals surface area contributed by atoms with Crippen LogP contribution in [0.5, 0.6) is 0 Å². The molecule has 0 radical (unpaired) electrons. The summed E-state index contributed by atoms with van der Waals surface area (Å²) in [4.78, 5) is 0. The quantitative estimate of drug-likeness (QED) is 0.722. The molecule has 2 nitrogen and oxygen atoms in total. The van der Waals surface area contributed by atoms with Crippen LogP contribution >= 0.6 is 0 Å². The minimum Gasteiger partial charge on any atom is -0.301 e. The molecule has 0 saturated carbocycles. The van der Waals surface area contributed by atoms with E-state index in [1.807, 2.05) is 20.8 Å². The molecule has 0 aromatic carbocycles. The number of hydrogen-bond donors (Lipinski definition) is 1. The van der Waals surface area contributed by atoms with E-state index in [9.17, 15) is 4.21 Å². The minimum absolute atomic E-state index is 0.0565. The van der Waals surface area contributed by atoms with Gasteiger partial charge in [-0.25, -0.2) is 0 Å². The van der Waals surface area contributed by atoms with E-state index in [1.54, 1.807) is 0 Å². The molecule has 3 heteroatoms. The molecule has 0 aromatic rings. The summed E-state index contributed by atoms with van der Waals surface area (Å²) in [7, 11) is -0.795. The number of nitrogens with one attached hydrogen (secondary N) is 1. The zero-order valence-electron chi connectivity index (χ0n) is 9.02. The lowest BCUT2D eigenvalue weighted by molar-refractivity contribution is 0.456. The molecular formula is C9H21NOS. The van der Waals surface area contributed by atoms with E-state index >= 15 is 0 Å². The standard InChI is InChI=1S/C9H21NOS/c1-8(2,3)10-7-12(11)9(4,5)6/h10H,7H2,1-6H3. The van der Waals surface area contributed by atoms with E-state index in [0.717, 1.165) is 0 Å². The topological polar surface area (TPSA) is 29.1 Å². The molecule has 0 aliphatic heterocycles. The predicted molar refractivity (Wildman–Crippen MR) is 55.7 cm³/mol. The normalized spacial score (nSPS) is 16.2. The van der Waals surface area contributed by atoms with Gasteiger partial charge in [-0.2, -0.15) is 0 Å². The van der Waals surface area contributed by atoms with E-state index in [2.05, 4.69) is 26.1 Å². The molecule has 1 atom stereocenters. The summed E-state index contributed by atoms with van der Waals surface area (Å²) in [5.41, 5.74) is 0.0565. The molecule has 0 fully saturated rings. The van der Waals surface area contributed by atoms with Gasteiger partial charge in [0.25, 0.3) is 0 Å². The van der Waals surface area contributed by atoms with Crippen molar-refractivity contribution in [3.05, 3.63) is 0 Å². The van der Waals surface area contributed by atoms with Crippen LogP contribution < -0.4 is 5.32 Å². The van der Waals surface area contributed by atoms with Crippen molar-refractivity contribution in [3.8, 4) is 0 Å². The van der Waals surface area contributed by atoms with Gasteiger partial charge in [0.15, 0.2) is 0 Å². The maximum atomic E-state index is 11.6. The second-order valence-corrected chi connectivity index (χ2v) is 7.23. The van der Waals surface area contributed by atoms with Gasteiger partial charge in [-0.15, -0.1) is 0 Å². The Kier molecular flexibility index (Phi) is 3.91. The van der Waals surface area contributed by atoms with Gasteiger partial charge >= 0.3 is 0 Å². The SMILES string of the molecule is CC(C)(C)NCS(=O)C(C)(C)C. The molecule has 0 heterocycles. The van der Waals surface area contributed by atoms with E-state index in [4.69, 9.17) is 0 Å². The van der Waals surface area contributed by atoms with Gasteiger partial charge in [-0.05, 0) is 41.5 Å². The maximum absolute atomic E-state index is 11.6. The van der Waals surface area contributed by atoms with Crippen LogP contribution in [0.15, 0.2) is 0 Å². The summed E-state index contributed by atoms with van der Waals surface area (Å²) in [6.45, 7) is 12.2. The molecule has 0 saturated heterocycles. The van der Waals surface area contributed by atoms with Crippen molar-refractivity contribution in [2.24, 2.45) is 0 Å². The van der Waals surface area contributed by atoms with Gasteiger partial charge in [0.2, 0.25) is 0 Å². The van der Waals surface area contributed by atoms with Crippen molar-refractivity contribution in [2.75, 3.05) is 5.88 Å². The van der Waals surface area contributed by atoms with Crippen LogP contribution in [0, 0.1) is 0 Å². The third-order valence-corrected chi connectivity index (χ3v) is 3.19. The van der Waals surface area contributed by atoms with Crippen LogP contribution in [0.3, 0.4) is 0 Å². The highest BCUT2D eigenvalue weighted by Gasteiger charge is 2.20. The Morgan fingerprint density at radius 3 is 1.75 bits per heavy atom. The highest BCUT2D eigenvalue weighted by Crippen LogP contribution is 2.11. The average molecular weight is 191 g/mol. The van der Waals surface area contributed by atoms with Gasteiger partial charge in [-0.3, -0.25) is 4.21 Å². The Labute approximate surface area is 78.6 Å².